The fourth-order valence-corrected chi connectivity index (χ4v) is 2.12. The molecule has 1 aliphatic carbocycles. The summed E-state index contributed by atoms with van der Waals surface area (Å²) in [5.74, 6) is -2.30. The van der Waals surface area contributed by atoms with Crippen LogP contribution in [0, 0.1) is 5.92 Å². The summed E-state index contributed by atoms with van der Waals surface area (Å²) in [6, 6.07) is 3.58. The van der Waals surface area contributed by atoms with Gasteiger partial charge in [0.15, 0.2) is 0 Å². The maximum Gasteiger partial charge on any atom is 0.335 e. The number of nitrogens with one attached hydrogen (secondary N) is 1. The van der Waals surface area contributed by atoms with Crippen LogP contribution in [0.4, 0.5) is 5.69 Å². The number of hydrogen-bond acceptors (Lipinski definition) is 3. The summed E-state index contributed by atoms with van der Waals surface area (Å²) >= 11 is 0. The molecule has 0 radical (unpaired) electrons. The van der Waals surface area contributed by atoms with Crippen LogP contribution in [0.1, 0.15) is 46.4 Å². The number of hydrogen-bond donors (Lipinski definition) is 3. The molecule has 0 spiro atoms. The number of carbonyl (C=O) groups is 3. The highest BCUT2D eigenvalue weighted by atomic mass is 16.4. The molecule has 1 aromatic rings. The van der Waals surface area contributed by atoms with E-state index in [0.29, 0.717) is 12.3 Å². The van der Waals surface area contributed by atoms with Crippen molar-refractivity contribution in [2.24, 2.45) is 5.92 Å². The molecule has 3 N–H and O–H groups in total. The van der Waals surface area contributed by atoms with Crippen molar-refractivity contribution in [2.45, 2.75) is 25.7 Å². The molecule has 106 valence electrons. The van der Waals surface area contributed by atoms with E-state index in [4.69, 9.17) is 10.2 Å². The number of aromatic carboxylic acids is 2. The molecule has 2 rings (SSSR count). The number of benzene rings is 1. The number of carboxylic acids is 2. The predicted molar refractivity (Wildman–Crippen MR) is 70.9 cm³/mol. The zero-order valence-electron chi connectivity index (χ0n) is 10.8. The van der Waals surface area contributed by atoms with Crippen molar-refractivity contribution in [1.29, 1.82) is 0 Å². The molecule has 1 aromatic carbocycles. The zero-order chi connectivity index (χ0) is 14.7. The van der Waals surface area contributed by atoms with E-state index in [-0.39, 0.29) is 22.7 Å². The summed E-state index contributed by atoms with van der Waals surface area (Å²) in [6.07, 6.45) is 3.58. The Kier molecular flexibility index (Phi) is 4.02. The number of carbonyl (C=O) groups excluding carboxylic acids is 1. The van der Waals surface area contributed by atoms with Crippen molar-refractivity contribution in [3.05, 3.63) is 29.3 Å². The average molecular weight is 277 g/mol. The van der Waals surface area contributed by atoms with Crippen LogP contribution >= 0.6 is 0 Å². The van der Waals surface area contributed by atoms with Gasteiger partial charge in [-0.05, 0) is 37.0 Å². The lowest BCUT2D eigenvalue weighted by Crippen LogP contribution is -2.21. The third-order valence-electron chi connectivity index (χ3n) is 3.41. The van der Waals surface area contributed by atoms with E-state index in [1.807, 2.05) is 0 Å². The normalized spacial score (nSPS) is 14.4. The van der Waals surface area contributed by atoms with Crippen LogP contribution in [0.3, 0.4) is 0 Å². The molecule has 0 unspecified atom stereocenters. The Morgan fingerprint density at radius 1 is 1.05 bits per heavy atom. The molecule has 6 heteroatoms. The van der Waals surface area contributed by atoms with E-state index in [1.165, 1.54) is 12.1 Å². The summed E-state index contributed by atoms with van der Waals surface area (Å²) in [6.45, 7) is 0. The number of amides is 1. The Morgan fingerprint density at radius 3 is 2.00 bits per heavy atom. The van der Waals surface area contributed by atoms with Gasteiger partial charge in [0.25, 0.3) is 0 Å². The predicted octanol–water partition coefficient (Wildman–Crippen LogP) is 2.21. The minimum Gasteiger partial charge on any atom is -0.478 e. The molecular weight excluding hydrogens is 262 g/mol. The molecule has 1 saturated carbocycles. The van der Waals surface area contributed by atoms with Gasteiger partial charge in [-0.2, -0.15) is 0 Å². The van der Waals surface area contributed by atoms with E-state index >= 15 is 0 Å². The Morgan fingerprint density at radius 2 is 1.60 bits per heavy atom. The molecular formula is C14H15NO5. The van der Waals surface area contributed by atoms with Gasteiger partial charge >= 0.3 is 11.9 Å². The van der Waals surface area contributed by atoms with Crippen molar-refractivity contribution in [3.63, 3.8) is 0 Å². The molecule has 0 atom stereocenters. The first-order valence-electron chi connectivity index (χ1n) is 6.37. The fourth-order valence-electron chi connectivity index (χ4n) is 2.12. The van der Waals surface area contributed by atoms with E-state index in [0.717, 1.165) is 25.3 Å². The zero-order valence-corrected chi connectivity index (χ0v) is 10.8. The van der Waals surface area contributed by atoms with Gasteiger partial charge in [-0.3, -0.25) is 4.79 Å². The highest BCUT2D eigenvalue weighted by Gasteiger charge is 2.21. The molecule has 0 heterocycles. The Labute approximate surface area is 115 Å². The van der Waals surface area contributed by atoms with Crippen molar-refractivity contribution >= 4 is 23.5 Å². The summed E-state index contributed by atoms with van der Waals surface area (Å²) in [7, 11) is 0. The van der Waals surface area contributed by atoms with Gasteiger partial charge in [0, 0.05) is 12.1 Å². The van der Waals surface area contributed by atoms with Gasteiger partial charge < -0.3 is 15.5 Å². The first-order valence-corrected chi connectivity index (χ1v) is 6.37. The molecule has 20 heavy (non-hydrogen) atoms. The SMILES string of the molecule is O=C(CC1CCC1)Nc1cc(C(=O)O)cc(C(=O)O)c1. The second-order valence-corrected chi connectivity index (χ2v) is 4.96. The maximum atomic E-state index is 11.8. The molecule has 0 aliphatic heterocycles. The maximum absolute atomic E-state index is 11.8. The van der Waals surface area contributed by atoms with Crippen LogP contribution in [0.15, 0.2) is 18.2 Å². The number of anilines is 1. The van der Waals surface area contributed by atoms with E-state index in [1.54, 1.807) is 0 Å². The van der Waals surface area contributed by atoms with Crippen LogP contribution < -0.4 is 5.32 Å². The Balaban J connectivity index is 2.14. The topological polar surface area (TPSA) is 104 Å². The first-order chi connectivity index (χ1) is 9.45. The van der Waals surface area contributed by atoms with Crippen molar-refractivity contribution in [2.75, 3.05) is 5.32 Å². The third-order valence-corrected chi connectivity index (χ3v) is 3.41. The van der Waals surface area contributed by atoms with Gasteiger partial charge in [0.05, 0.1) is 11.1 Å². The summed E-state index contributed by atoms with van der Waals surface area (Å²) in [5.41, 5.74) is -0.126. The molecule has 1 fully saturated rings. The first kappa shape index (κ1) is 14.0. The van der Waals surface area contributed by atoms with Crippen LogP contribution in [0.5, 0.6) is 0 Å². The molecule has 1 aliphatic rings. The van der Waals surface area contributed by atoms with Crippen molar-refractivity contribution in [1.82, 2.24) is 0 Å². The van der Waals surface area contributed by atoms with Gasteiger partial charge in [0.2, 0.25) is 5.91 Å². The Hall–Kier alpha value is -2.37. The molecule has 6 nitrogen and oxygen atoms in total. The number of rotatable bonds is 5. The summed E-state index contributed by atoms with van der Waals surface area (Å²) in [4.78, 5) is 33.7. The monoisotopic (exact) mass is 277 g/mol. The van der Waals surface area contributed by atoms with Crippen LogP contribution in [0.2, 0.25) is 0 Å². The quantitative estimate of drug-likeness (QED) is 0.765. The lowest BCUT2D eigenvalue weighted by atomic mass is 9.83. The van der Waals surface area contributed by atoms with Crippen molar-refractivity contribution in [3.8, 4) is 0 Å². The Bertz CT molecular complexity index is 530. The van der Waals surface area contributed by atoms with Crippen LogP contribution in [0.25, 0.3) is 0 Å². The van der Waals surface area contributed by atoms with E-state index in [2.05, 4.69) is 5.32 Å². The number of carboxylic acid groups (broad SMARTS) is 2. The average Bonchev–Trinajstić information content (AvgIpc) is 2.33. The summed E-state index contributed by atoms with van der Waals surface area (Å²) < 4.78 is 0. The lowest BCUT2D eigenvalue weighted by molar-refractivity contribution is -0.117. The largest absolute Gasteiger partial charge is 0.478 e. The van der Waals surface area contributed by atoms with Gasteiger partial charge in [-0.1, -0.05) is 6.42 Å². The highest BCUT2D eigenvalue weighted by Crippen LogP contribution is 2.29. The van der Waals surface area contributed by atoms with Gasteiger partial charge in [-0.15, -0.1) is 0 Å². The van der Waals surface area contributed by atoms with Gasteiger partial charge in [0.1, 0.15) is 0 Å². The van der Waals surface area contributed by atoms with E-state index in [9.17, 15) is 14.4 Å². The molecule has 1 amide bonds. The standard InChI is InChI=1S/C14H15NO5/c16-12(4-8-2-1-3-8)15-11-6-9(13(17)18)5-10(7-11)14(19)20/h5-8H,1-4H2,(H,15,16)(H,17,18)(H,19,20). The lowest BCUT2D eigenvalue weighted by Gasteiger charge is -2.24. The van der Waals surface area contributed by atoms with Crippen LogP contribution in [-0.2, 0) is 4.79 Å². The van der Waals surface area contributed by atoms with Crippen LogP contribution in [-0.4, -0.2) is 28.1 Å². The molecule has 0 aromatic heterocycles. The van der Waals surface area contributed by atoms with Gasteiger partial charge in [-0.25, -0.2) is 9.59 Å². The molecule has 0 bridgehead atoms. The second kappa shape index (κ2) is 5.73. The minimum absolute atomic E-state index is 0.163. The smallest absolute Gasteiger partial charge is 0.335 e. The third kappa shape index (κ3) is 3.34. The fraction of sp³-hybridized carbons (Fsp3) is 0.357. The molecule has 0 saturated heterocycles. The summed E-state index contributed by atoms with van der Waals surface area (Å²) in [5, 5.41) is 20.4. The van der Waals surface area contributed by atoms with E-state index < -0.39 is 11.9 Å². The highest BCUT2D eigenvalue weighted by molar-refractivity contribution is 5.98. The minimum atomic E-state index is -1.23. The van der Waals surface area contributed by atoms with Crippen molar-refractivity contribution < 1.29 is 24.6 Å². The second-order valence-electron chi connectivity index (χ2n) is 4.96.